The van der Waals surface area contributed by atoms with Gasteiger partial charge in [-0.1, -0.05) is 38.6 Å². The van der Waals surface area contributed by atoms with Gasteiger partial charge in [-0.05, 0) is 54.5 Å². The van der Waals surface area contributed by atoms with Crippen LogP contribution in [0.1, 0.15) is 31.9 Å². The molecule has 0 saturated heterocycles. The summed E-state index contributed by atoms with van der Waals surface area (Å²) >= 11 is 0. The Morgan fingerprint density at radius 1 is 1.07 bits per heavy atom. The zero-order valence-electron chi connectivity index (χ0n) is 16.5. The number of halogens is 1. The lowest BCUT2D eigenvalue weighted by atomic mass is 9.84. The van der Waals surface area contributed by atoms with Crippen LogP contribution in [0.15, 0.2) is 61.2 Å². The van der Waals surface area contributed by atoms with E-state index in [1.165, 1.54) is 12.1 Å². The Kier molecular flexibility index (Phi) is 5.45. The summed E-state index contributed by atoms with van der Waals surface area (Å²) in [5.41, 5.74) is 11.1. The van der Waals surface area contributed by atoms with Gasteiger partial charge in [0.25, 0.3) is 0 Å². The maximum Gasteiger partial charge on any atom is 0.148 e. The first-order valence-corrected chi connectivity index (χ1v) is 9.16. The largest absolute Gasteiger partial charge is 0.398 e. The van der Waals surface area contributed by atoms with Crippen molar-refractivity contribution in [2.75, 3.05) is 17.6 Å². The molecule has 28 heavy (non-hydrogen) atoms. The maximum absolute atomic E-state index is 13.1. The monoisotopic (exact) mass is 376 g/mol. The van der Waals surface area contributed by atoms with Crippen LogP contribution in [-0.4, -0.2) is 16.7 Å². The van der Waals surface area contributed by atoms with Gasteiger partial charge in [0, 0.05) is 28.8 Å². The number of aromatic nitrogens is 2. The first-order chi connectivity index (χ1) is 13.3. The van der Waals surface area contributed by atoms with Crippen molar-refractivity contribution in [3.63, 3.8) is 0 Å². The number of benzene rings is 2. The summed E-state index contributed by atoms with van der Waals surface area (Å²) in [6.07, 6.45) is 0. The third-order valence-corrected chi connectivity index (χ3v) is 4.81. The highest BCUT2D eigenvalue weighted by molar-refractivity contribution is 5.77. The predicted molar refractivity (Wildman–Crippen MR) is 115 cm³/mol. The molecule has 0 aliphatic heterocycles. The fourth-order valence-corrected chi connectivity index (χ4v) is 2.98. The van der Waals surface area contributed by atoms with Crippen LogP contribution in [-0.2, 0) is 5.41 Å². The molecule has 0 fully saturated rings. The SMILES string of the molecule is C=C(C)c1cc(-c2ccc(NCC(C)(C)c3ccc(F)cc3)nn2)ccc1N. The average Bonchev–Trinajstić information content (AvgIpc) is 2.67. The van der Waals surface area contributed by atoms with E-state index in [-0.39, 0.29) is 11.2 Å². The van der Waals surface area contributed by atoms with E-state index in [1.807, 2.05) is 49.4 Å². The molecule has 1 aromatic heterocycles. The zero-order chi connectivity index (χ0) is 20.3. The molecule has 0 unspecified atom stereocenters. The number of nitrogens with two attached hydrogens (primary N) is 1. The molecular weight excluding hydrogens is 351 g/mol. The number of hydrogen-bond donors (Lipinski definition) is 2. The molecule has 3 N–H and O–H groups in total. The van der Waals surface area contributed by atoms with Gasteiger partial charge in [-0.15, -0.1) is 10.2 Å². The van der Waals surface area contributed by atoms with Crippen LogP contribution in [0.4, 0.5) is 15.9 Å². The Hall–Kier alpha value is -3.21. The molecule has 0 bridgehead atoms. The van der Waals surface area contributed by atoms with Crippen LogP contribution in [0.2, 0.25) is 0 Å². The topological polar surface area (TPSA) is 63.8 Å². The minimum Gasteiger partial charge on any atom is -0.398 e. The van der Waals surface area contributed by atoms with Crippen LogP contribution < -0.4 is 11.1 Å². The highest BCUT2D eigenvalue weighted by Crippen LogP contribution is 2.27. The second-order valence-corrected chi connectivity index (χ2v) is 7.63. The van der Waals surface area contributed by atoms with E-state index >= 15 is 0 Å². The molecule has 3 aromatic rings. The highest BCUT2D eigenvalue weighted by Gasteiger charge is 2.20. The summed E-state index contributed by atoms with van der Waals surface area (Å²) in [7, 11) is 0. The third kappa shape index (κ3) is 4.36. The first kappa shape index (κ1) is 19.5. The number of nitrogen functional groups attached to an aromatic ring is 1. The second kappa shape index (κ2) is 7.80. The number of rotatable bonds is 6. The van der Waals surface area contributed by atoms with Gasteiger partial charge >= 0.3 is 0 Å². The van der Waals surface area contributed by atoms with Crippen molar-refractivity contribution in [1.29, 1.82) is 0 Å². The summed E-state index contributed by atoms with van der Waals surface area (Å²) in [6, 6.07) is 16.2. The molecule has 0 atom stereocenters. The van der Waals surface area contributed by atoms with E-state index < -0.39 is 0 Å². The predicted octanol–water partition coefficient (Wildman–Crippen LogP) is 5.29. The number of anilines is 2. The highest BCUT2D eigenvalue weighted by atomic mass is 19.1. The fraction of sp³-hybridized carbons (Fsp3) is 0.217. The van der Waals surface area contributed by atoms with Crippen LogP contribution in [0.5, 0.6) is 0 Å². The molecule has 0 spiro atoms. The quantitative estimate of drug-likeness (QED) is 0.574. The van der Waals surface area contributed by atoms with Gasteiger partial charge in [-0.2, -0.15) is 0 Å². The molecule has 0 radical (unpaired) electrons. The van der Waals surface area contributed by atoms with Crippen molar-refractivity contribution in [2.24, 2.45) is 0 Å². The summed E-state index contributed by atoms with van der Waals surface area (Å²) in [4.78, 5) is 0. The standard InChI is InChI=1S/C23H25FN4/c1-15(2)19-13-16(5-10-20(19)25)21-11-12-22(28-27-21)26-14-23(3,4)17-6-8-18(24)9-7-17/h5-13H,1,14,25H2,2-4H3,(H,26,28). The Labute approximate surface area is 165 Å². The van der Waals surface area contributed by atoms with Crippen molar-refractivity contribution in [2.45, 2.75) is 26.2 Å². The smallest absolute Gasteiger partial charge is 0.148 e. The van der Waals surface area contributed by atoms with Crippen LogP contribution >= 0.6 is 0 Å². The summed E-state index contributed by atoms with van der Waals surface area (Å²) < 4.78 is 13.1. The van der Waals surface area contributed by atoms with E-state index in [2.05, 4.69) is 35.9 Å². The van der Waals surface area contributed by atoms with Gasteiger partial charge in [0.15, 0.2) is 0 Å². The molecule has 5 heteroatoms. The summed E-state index contributed by atoms with van der Waals surface area (Å²) in [5, 5.41) is 11.9. The van der Waals surface area contributed by atoms with Crippen LogP contribution in [0.3, 0.4) is 0 Å². The molecule has 144 valence electrons. The average molecular weight is 376 g/mol. The summed E-state index contributed by atoms with van der Waals surface area (Å²) in [5.74, 6) is 0.459. The number of hydrogen-bond acceptors (Lipinski definition) is 4. The molecule has 3 rings (SSSR count). The van der Waals surface area contributed by atoms with E-state index in [4.69, 9.17) is 5.73 Å². The van der Waals surface area contributed by atoms with E-state index in [9.17, 15) is 4.39 Å². The summed E-state index contributed by atoms with van der Waals surface area (Å²) in [6.45, 7) is 10.7. The number of nitrogens with one attached hydrogen (secondary N) is 1. The van der Waals surface area contributed by atoms with Crippen LogP contribution in [0.25, 0.3) is 16.8 Å². The van der Waals surface area contributed by atoms with E-state index in [0.717, 1.165) is 28.0 Å². The molecule has 0 amide bonds. The Morgan fingerprint density at radius 3 is 2.39 bits per heavy atom. The lowest BCUT2D eigenvalue weighted by Crippen LogP contribution is -2.28. The van der Waals surface area contributed by atoms with Crippen molar-refractivity contribution < 1.29 is 4.39 Å². The van der Waals surface area contributed by atoms with Crippen molar-refractivity contribution >= 4 is 17.1 Å². The van der Waals surface area contributed by atoms with Gasteiger partial charge in [0.1, 0.15) is 11.6 Å². The minimum absolute atomic E-state index is 0.179. The molecule has 0 aliphatic carbocycles. The molecular formula is C23H25FN4. The van der Waals surface area contributed by atoms with Gasteiger partial charge in [-0.25, -0.2) is 4.39 Å². The molecule has 2 aromatic carbocycles. The number of allylic oxidation sites excluding steroid dienone is 1. The molecule has 0 saturated carbocycles. The maximum atomic E-state index is 13.1. The Bertz CT molecular complexity index is 976. The fourth-order valence-electron chi connectivity index (χ4n) is 2.98. The van der Waals surface area contributed by atoms with Crippen molar-refractivity contribution in [3.05, 3.63) is 78.1 Å². The first-order valence-electron chi connectivity index (χ1n) is 9.16. The normalized spacial score (nSPS) is 11.3. The van der Waals surface area contributed by atoms with E-state index in [1.54, 1.807) is 0 Å². The Morgan fingerprint density at radius 2 is 1.79 bits per heavy atom. The minimum atomic E-state index is -0.230. The van der Waals surface area contributed by atoms with E-state index in [0.29, 0.717) is 18.1 Å². The van der Waals surface area contributed by atoms with Crippen LogP contribution in [0, 0.1) is 5.82 Å². The van der Waals surface area contributed by atoms with Crippen molar-refractivity contribution in [1.82, 2.24) is 10.2 Å². The Balaban J connectivity index is 1.72. The van der Waals surface area contributed by atoms with Gasteiger partial charge in [0.05, 0.1) is 5.69 Å². The van der Waals surface area contributed by atoms with Gasteiger partial charge in [-0.3, -0.25) is 0 Å². The third-order valence-electron chi connectivity index (χ3n) is 4.81. The zero-order valence-corrected chi connectivity index (χ0v) is 16.5. The molecule has 0 aliphatic rings. The molecule has 4 nitrogen and oxygen atoms in total. The van der Waals surface area contributed by atoms with Crippen molar-refractivity contribution in [3.8, 4) is 11.3 Å². The van der Waals surface area contributed by atoms with Gasteiger partial charge < -0.3 is 11.1 Å². The molecule has 1 heterocycles. The lowest BCUT2D eigenvalue weighted by Gasteiger charge is -2.25. The number of nitrogens with zero attached hydrogens (tertiary/aromatic N) is 2. The lowest BCUT2D eigenvalue weighted by molar-refractivity contribution is 0.552. The second-order valence-electron chi connectivity index (χ2n) is 7.63. The van der Waals surface area contributed by atoms with Gasteiger partial charge in [0.2, 0.25) is 0 Å².